The highest BCUT2D eigenvalue weighted by Crippen LogP contribution is 2.26. The molecule has 0 spiro atoms. The number of nitrogens with one attached hydrogen (secondary N) is 1. The van der Waals surface area contributed by atoms with Crippen LogP contribution in [0.25, 0.3) is 0 Å². The molecule has 5 N–H and O–H groups in total. The Labute approximate surface area is 177 Å². The minimum absolute atomic E-state index is 0.0384. The van der Waals surface area contributed by atoms with Crippen molar-refractivity contribution in [2.45, 2.75) is 57.7 Å². The standard InChI is InChI=1S/C19H25N5O3S2/c1-11(18(26)22-12-6-3-2-4-7-12)24(10-13-8-5-9-28-13)19(27)16-14(20)15(17(21)25)23-29-16/h5,8-9,11-12H,2-4,6-7,10,20H2,1H3,(H2,21,25)(H,22,26)/t11-/m1/s1. The lowest BCUT2D eigenvalue weighted by molar-refractivity contribution is -0.126. The zero-order valence-electron chi connectivity index (χ0n) is 16.2. The number of amides is 3. The van der Waals surface area contributed by atoms with Gasteiger partial charge in [0.25, 0.3) is 11.8 Å². The number of nitrogens with zero attached hydrogens (tertiary/aromatic N) is 2. The molecule has 1 aliphatic rings. The van der Waals surface area contributed by atoms with Crippen molar-refractivity contribution in [2.24, 2.45) is 5.73 Å². The van der Waals surface area contributed by atoms with Gasteiger partial charge in [0.1, 0.15) is 10.9 Å². The number of thiophene rings is 1. The van der Waals surface area contributed by atoms with E-state index in [1.165, 1.54) is 22.7 Å². The monoisotopic (exact) mass is 435 g/mol. The van der Waals surface area contributed by atoms with Gasteiger partial charge >= 0.3 is 0 Å². The van der Waals surface area contributed by atoms with Crippen LogP contribution < -0.4 is 16.8 Å². The molecule has 3 rings (SSSR count). The van der Waals surface area contributed by atoms with E-state index >= 15 is 0 Å². The van der Waals surface area contributed by atoms with Crippen molar-refractivity contribution in [2.75, 3.05) is 5.73 Å². The van der Waals surface area contributed by atoms with E-state index in [0.717, 1.165) is 42.1 Å². The fourth-order valence-corrected chi connectivity index (χ4v) is 4.89. The van der Waals surface area contributed by atoms with Crippen molar-refractivity contribution < 1.29 is 14.4 Å². The van der Waals surface area contributed by atoms with Crippen LogP contribution in [0.15, 0.2) is 17.5 Å². The molecule has 8 nitrogen and oxygen atoms in total. The molecule has 156 valence electrons. The fourth-order valence-electron chi connectivity index (χ4n) is 3.42. The van der Waals surface area contributed by atoms with Gasteiger partial charge in [-0.15, -0.1) is 11.3 Å². The summed E-state index contributed by atoms with van der Waals surface area (Å²) in [4.78, 5) is 40.1. The molecule has 0 aliphatic heterocycles. The summed E-state index contributed by atoms with van der Waals surface area (Å²) < 4.78 is 3.91. The first-order valence-electron chi connectivity index (χ1n) is 9.57. The number of nitrogen functional groups attached to an aromatic ring is 1. The summed E-state index contributed by atoms with van der Waals surface area (Å²) in [7, 11) is 0. The summed E-state index contributed by atoms with van der Waals surface area (Å²) in [5, 5.41) is 4.99. The number of nitrogens with two attached hydrogens (primary N) is 2. The fraction of sp³-hybridized carbons (Fsp3) is 0.474. The Morgan fingerprint density at radius 1 is 1.31 bits per heavy atom. The Hall–Kier alpha value is -2.46. The number of rotatable bonds is 7. The molecule has 1 saturated carbocycles. The van der Waals surface area contributed by atoms with Gasteiger partial charge in [0, 0.05) is 10.9 Å². The van der Waals surface area contributed by atoms with Crippen LogP contribution in [-0.4, -0.2) is 39.1 Å². The minimum atomic E-state index is -0.786. The molecule has 29 heavy (non-hydrogen) atoms. The summed E-state index contributed by atoms with van der Waals surface area (Å²) in [6.07, 6.45) is 5.31. The Morgan fingerprint density at radius 2 is 2.03 bits per heavy atom. The largest absolute Gasteiger partial charge is 0.395 e. The SMILES string of the molecule is C[C@H](C(=O)NC1CCCCC1)N(Cc1cccs1)C(=O)c1snc(C(N)=O)c1N. The van der Waals surface area contributed by atoms with Gasteiger partial charge in [-0.25, -0.2) is 0 Å². The summed E-state index contributed by atoms with van der Waals surface area (Å²) in [5.41, 5.74) is 11.1. The molecule has 2 aromatic rings. The van der Waals surface area contributed by atoms with Gasteiger partial charge in [0.15, 0.2) is 5.69 Å². The van der Waals surface area contributed by atoms with Crippen LogP contribution in [-0.2, 0) is 11.3 Å². The van der Waals surface area contributed by atoms with Crippen LogP contribution in [0, 0.1) is 0 Å². The third kappa shape index (κ3) is 4.94. The lowest BCUT2D eigenvalue weighted by Gasteiger charge is -2.30. The molecule has 0 saturated heterocycles. The second kappa shape index (κ2) is 9.36. The van der Waals surface area contributed by atoms with E-state index in [9.17, 15) is 14.4 Å². The van der Waals surface area contributed by atoms with Gasteiger partial charge in [-0.2, -0.15) is 4.37 Å². The Bertz CT molecular complexity index is 875. The average Bonchev–Trinajstić information content (AvgIpc) is 3.35. The third-order valence-corrected chi connectivity index (χ3v) is 6.83. The molecule has 1 atom stereocenters. The molecule has 0 radical (unpaired) electrons. The third-order valence-electron chi connectivity index (χ3n) is 5.12. The lowest BCUT2D eigenvalue weighted by Crippen LogP contribution is -2.50. The summed E-state index contributed by atoms with van der Waals surface area (Å²) in [5.74, 6) is -1.42. The maximum absolute atomic E-state index is 13.3. The second-order valence-corrected chi connectivity index (χ2v) is 8.98. The first-order valence-corrected chi connectivity index (χ1v) is 11.2. The van der Waals surface area contributed by atoms with E-state index in [2.05, 4.69) is 9.69 Å². The van der Waals surface area contributed by atoms with E-state index in [4.69, 9.17) is 11.5 Å². The van der Waals surface area contributed by atoms with Crippen LogP contribution in [0.1, 0.15) is 64.1 Å². The Morgan fingerprint density at radius 3 is 2.62 bits per heavy atom. The highest BCUT2D eigenvalue weighted by molar-refractivity contribution is 7.10. The molecule has 2 aromatic heterocycles. The molecular weight excluding hydrogens is 410 g/mol. The summed E-state index contributed by atoms with van der Waals surface area (Å²) in [6.45, 7) is 1.97. The van der Waals surface area contributed by atoms with E-state index in [1.807, 2.05) is 17.5 Å². The molecule has 10 heteroatoms. The van der Waals surface area contributed by atoms with Crippen molar-refractivity contribution >= 4 is 46.3 Å². The number of carbonyl (C=O) groups excluding carboxylic acids is 3. The summed E-state index contributed by atoms with van der Waals surface area (Å²) >= 11 is 2.32. The van der Waals surface area contributed by atoms with Crippen molar-refractivity contribution in [3.63, 3.8) is 0 Å². The van der Waals surface area contributed by atoms with Crippen molar-refractivity contribution in [3.8, 4) is 0 Å². The molecular formula is C19H25N5O3S2. The average molecular weight is 436 g/mol. The number of primary amides is 1. The number of aromatic nitrogens is 1. The van der Waals surface area contributed by atoms with E-state index in [-0.39, 0.29) is 34.8 Å². The Balaban J connectivity index is 1.82. The zero-order valence-corrected chi connectivity index (χ0v) is 17.9. The summed E-state index contributed by atoms with van der Waals surface area (Å²) in [6, 6.07) is 3.24. The van der Waals surface area contributed by atoms with Crippen LogP contribution >= 0.6 is 22.9 Å². The second-order valence-electron chi connectivity index (χ2n) is 7.17. The maximum Gasteiger partial charge on any atom is 0.270 e. The van der Waals surface area contributed by atoms with Gasteiger partial charge in [0.05, 0.1) is 12.2 Å². The van der Waals surface area contributed by atoms with Crippen molar-refractivity contribution in [1.82, 2.24) is 14.6 Å². The number of hydrogen-bond donors (Lipinski definition) is 3. The van der Waals surface area contributed by atoms with Crippen molar-refractivity contribution in [3.05, 3.63) is 33.0 Å². The minimum Gasteiger partial charge on any atom is -0.395 e. The van der Waals surface area contributed by atoms with Gasteiger partial charge in [-0.1, -0.05) is 25.3 Å². The molecule has 1 aliphatic carbocycles. The highest BCUT2D eigenvalue weighted by Gasteiger charge is 2.32. The number of carbonyl (C=O) groups is 3. The van der Waals surface area contributed by atoms with Crippen LogP contribution in [0.2, 0.25) is 0 Å². The van der Waals surface area contributed by atoms with Gasteiger partial charge in [-0.05, 0) is 42.7 Å². The number of hydrogen-bond acceptors (Lipinski definition) is 7. The molecule has 3 amide bonds. The quantitative estimate of drug-likeness (QED) is 0.614. The van der Waals surface area contributed by atoms with Crippen molar-refractivity contribution in [1.29, 1.82) is 0 Å². The normalized spacial score (nSPS) is 15.6. The highest BCUT2D eigenvalue weighted by atomic mass is 32.1. The van der Waals surface area contributed by atoms with Gasteiger partial charge in [-0.3, -0.25) is 14.4 Å². The molecule has 0 unspecified atom stereocenters. The molecule has 0 aromatic carbocycles. The zero-order chi connectivity index (χ0) is 21.0. The lowest BCUT2D eigenvalue weighted by atomic mass is 9.95. The first-order chi connectivity index (χ1) is 13.9. The number of anilines is 1. The van der Waals surface area contributed by atoms with E-state index in [1.54, 1.807) is 6.92 Å². The first kappa shape index (κ1) is 21.3. The van der Waals surface area contributed by atoms with Gasteiger partial charge < -0.3 is 21.7 Å². The predicted octanol–water partition coefficient (Wildman–Crippen LogP) is 2.37. The predicted molar refractivity (Wildman–Crippen MR) is 114 cm³/mol. The van der Waals surface area contributed by atoms with E-state index in [0.29, 0.717) is 0 Å². The van der Waals surface area contributed by atoms with Gasteiger partial charge in [0.2, 0.25) is 5.91 Å². The van der Waals surface area contributed by atoms with Crippen LogP contribution in [0.3, 0.4) is 0 Å². The van der Waals surface area contributed by atoms with Crippen LogP contribution in [0.4, 0.5) is 5.69 Å². The maximum atomic E-state index is 13.3. The molecule has 2 heterocycles. The van der Waals surface area contributed by atoms with E-state index < -0.39 is 17.9 Å². The molecule has 1 fully saturated rings. The van der Waals surface area contributed by atoms with Crippen LogP contribution in [0.5, 0.6) is 0 Å². The smallest absolute Gasteiger partial charge is 0.270 e. The topological polar surface area (TPSA) is 131 Å². The molecule has 0 bridgehead atoms. The Kier molecular flexibility index (Phi) is 6.86.